The number of carbonyl (C=O) groups excluding carboxylic acids is 1. The number of carbonyl (C=O) groups is 2. The molecule has 6 heteroatoms. The quantitative estimate of drug-likeness (QED) is 0.894. The lowest BCUT2D eigenvalue weighted by Crippen LogP contribution is -2.46. The maximum absolute atomic E-state index is 12.8. The summed E-state index contributed by atoms with van der Waals surface area (Å²) in [5.41, 5.74) is 0.496. The van der Waals surface area contributed by atoms with Gasteiger partial charge in [0, 0.05) is 18.3 Å². The van der Waals surface area contributed by atoms with Crippen molar-refractivity contribution in [1.29, 1.82) is 0 Å². The summed E-state index contributed by atoms with van der Waals surface area (Å²) in [6.07, 6.45) is 2.45. The van der Waals surface area contributed by atoms with Gasteiger partial charge in [-0.05, 0) is 43.5 Å². The Morgan fingerprint density at radius 3 is 2.65 bits per heavy atom. The summed E-state index contributed by atoms with van der Waals surface area (Å²) in [5, 5.41) is 11.6. The van der Waals surface area contributed by atoms with Crippen LogP contribution in [0.15, 0.2) is 24.3 Å². The molecule has 0 spiro atoms. The van der Waals surface area contributed by atoms with Crippen LogP contribution < -0.4 is 5.32 Å². The number of urea groups is 1. The molecule has 1 aliphatic heterocycles. The summed E-state index contributed by atoms with van der Waals surface area (Å²) in [6, 6.07) is 4.87. The molecule has 5 nitrogen and oxygen atoms in total. The molecule has 1 atom stereocenters. The van der Waals surface area contributed by atoms with E-state index in [-0.39, 0.29) is 24.3 Å². The zero-order valence-corrected chi connectivity index (χ0v) is 11.0. The Morgan fingerprint density at radius 1 is 1.30 bits per heavy atom. The topological polar surface area (TPSA) is 69.6 Å². The van der Waals surface area contributed by atoms with Gasteiger partial charge in [0.2, 0.25) is 0 Å². The maximum Gasteiger partial charge on any atom is 0.322 e. The number of anilines is 1. The van der Waals surface area contributed by atoms with Gasteiger partial charge in [0.15, 0.2) is 0 Å². The van der Waals surface area contributed by atoms with Crippen LogP contribution in [0, 0.1) is 5.82 Å². The lowest BCUT2D eigenvalue weighted by atomic mass is 10.00. The predicted molar refractivity (Wildman–Crippen MR) is 72.0 cm³/mol. The van der Waals surface area contributed by atoms with E-state index in [1.165, 1.54) is 24.3 Å². The summed E-state index contributed by atoms with van der Waals surface area (Å²) in [4.78, 5) is 24.6. The Balaban J connectivity index is 2.01. The molecular formula is C14H17FN2O3. The molecule has 2 amide bonds. The highest BCUT2D eigenvalue weighted by Crippen LogP contribution is 2.21. The van der Waals surface area contributed by atoms with Gasteiger partial charge in [-0.3, -0.25) is 4.79 Å². The molecule has 1 fully saturated rings. The number of piperidine rings is 1. The number of hydrogen-bond acceptors (Lipinski definition) is 2. The average Bonchev–Trinajstić information content (AvgIpc) is 2.41. The van der Waals surface area contributed by atoms with Gasteiger partial charge in [0.05, 0.1) is 6.42 Å². The first-order chi connectivity index (χ1) is 9.56. The van der Waals surface area contributed by atoms with Gasteiger partial charge >= 0.3 is 12.0 Å². The highest BCUT2D eigenvalue weighted by molar-refractivity contribution is 5.89. The van der Waals surface area contributed by atoms with Crippen molar-refractivity contribution in [2.45, 2.75) is 31.7 Å². The molecule has 0 bridgehead atoms. The fourth-order valence-electron chi connectivity index (χ4n) is 2.41. The summed E-state index contributed by atoms with van der Waals surface area (Å²) in [5.74, 6) is -1.28. The Kier molecular flexibility index (Phi) is 4.55. The number of benzene rings is 1. The number of likely N-dealkylation sites (tertiary alicyclic amines) is 1. The van der Waals surface area contributed by atoms with Crippen molar-refractivity contribution in [3.63, 3.8) is 0 Å². The van der Waals surface area contributed by atoms with Crippen molar-refractivity contribution < 1.29 is 19.1 Å². The van der Waals surface area contributed by atoms with Crippen molar-refractivity contribution in [3.05, 3.63) is 30.1 Å². The molecule has 2 rings (SSSR count). The Bertz CT molecular complexity index is 490. The third-order valence-electron chi connectivity index (χ3n) is 3.39. The molecule has 108 valence electrons. The van der Waals surface area contributed by atoms with Gasteiger partial charge in [0.25, 0.3) is 0 Å². The third kappa shape index (κ3) is 3.69. The minimum absolute atomic E-state index is 0.0448. The normalized spacial score (nSPS) is 18.6. The van der Waals surface area contributed by atoms with Crippen LogP contribution in [0.4, 0.5) is 14.9 Å². The lowest BCUT2D eigenvalue weighted by Gasteiger charge is -2.34. The highest BCUT2D eigenvalue weighted by atomic mass is 19.1. The molecular weight excluding hydrogens is 263 g/mol. The van der Waals surface area contributed by atoms with Gasteiger partial charge in [-0.25, -0.2) is 9.18 Å². The van der Waals surface area contributed by atoms with E-state index in [4.69, 9.17) is 5.11 Å². The van der Waals surface area contributed by atoms with Crippen LogP contribution in [-0.2, 0) is 4.79 Å². The second-order valence-electron chi connectivity index (χ2n) is 4.88. The molecule has 1 heterocycles. The number of nitrogens with zero attached hydrogens (tertiary/aromatic N) is 1. The number of aliphatic carboxylic acids is 1. The number of carboxylic acids is 1. The number of hydrogen-bond donors (Lipinski definition) is 2. The van der Waals surface area contributed by atoms with Gasteiger partial charge in [-0.2, -0.15) is 0 Å². The summed E-state index contributed by atoms with van der Waals surface area (Å²) < 4.78 is 12.8. The van der Waals surface area contributed by atoms with E-state index in [0.29, 0.717) is 18.7 Å². The number of rotatable bonds is 3. The van der Waals surface area contributed by atoms with Crippen LogP contribution >= 0.6 is 0 Å². The van der Waals surface area contributed by atoms with Crippen LogP contribution in [0.2, 0.25) is 0 Å². The predicted octanol–water partition coefficient (Wildman–Crippen LogP) is 2.69. The first kappa shape index (κ1) is 14.3. The van der Waals surface area contributed by atoms with Crippen LogP contribution in [-0.4, -0.2) is 34.6 Å². The third-order valence-corrected chi connectivity index (χ3v) is 3.39. The fraction of sp³-hybridized carbons (Fsp3) is 0.429. The summed E-state index contributed by atoms with van der Waals surface area (Å²) in [7, 11) is 0. The largest absolute Gasteiger partial charge is 0.481 e. The smallest absolute Gasteiger partial charge is 0.322 e. The van der Waals surface area contributed by atoms with E-state index in [2.05, 4.69) is 5.32 Å². The molecule has 2 N–H and O–H groups in total. The van der Waals surface area contributed by atoms with Gasteiger partial charge in [-0.15, -0.1) is 0 Å². The van der Waals surface area contributed by atoms with Crippen molar-refractivity contribution in [2.75, 3.05) is 11.9 Å². The number of halogens is 1. The van der Waals surface area contributed by atoms with Crippen molar-refractivity contribution in [1.82, 2.24) is 4.90 Å². The number of amides is 2. The van der Waals surface area contributed by atoms with E-state index in [9.17, 15) is 14.0 Å². The van der Waals surface area contributed by atoms with Gasteiger partial charge < -0.3 is 15.3 Å². The Labute approximate surface area is 116 Å². The average molecular weight is 280 g/mol. The minimum Gasteiger partial charge on any atom is -0.481 e. The van der Waals surface area contributed by atoms with E-state index < -0.39 is 5.97 Å². The monoisotopic (exact) mass is 280 g/mol. The second-order valence-corrected chi connectivity index (χ2v) is 4.88. The standard InChI is InChI=1S/C14H17FN2O3/c15-10-4-6-11(7-5-10)16-14(20)17-8-2-1-3-12(17)9-13(18)19/h4-7,12H,1-3,8-9H2,(H,16,20)(H,18,19). The summed E-state index contributed by atoms with van der Waals surface area (Å²) in [6.45, 7) is 0.547. The van der Waals surface area contributed by atoms with Crippen LogP contribution in [0.3, 0.4) is 0 Å². The van der Waals surface area contributed by atoms with E-state index in [1.54, 1.807) is 4.90 Å². The van der Waals surface area contributed by atoms with E-state index in [0.717, 1.165) is 12.8 Å². The van der Waals surface area contributed by atoms with Crippen molar-refractivity contribution >= 4 is 17.7 Å². The van der Waals surface area contributed by atoms with E-state index >= 15 is 0 Å². The zero-order valence-electron chi connectivity index (χ0n) is 11.0. The summed E-state index contributed by atoms with van der Waals surface area (Å²) >= 11 is 0. The van der Waals surface area contributed by atoms with Gasteiger partial charge in [-0.1, -0.05) is 0 Å². The first-order valence-corrected chi connectivity index (χ1v) is 6.61. The molecule has 0 aliphatic carbocycles. The van der Waals surface area contributed by atoms with Crippen molar-refractivity contribution in [3.8, 4) is 0 Å². The molecule has 0 saturated carbocycles. The molecule has 1 aromatic rings. The molecule has 1 unspecified atom stereocenters. The number of carboxylic acid groups (broad SMARTS) is 1. The molecule has 0 aromatic heterocycles. The highest BCUT2D eigenvalue weighted by Gasteiger charge is 2.28. The van der Waals surface area contributed by atoms with Crippen LogP contribution in [0.25, 0.3) is 0 Å². The van der Waals surface area contributed by atoms with Gasteiger partial charge in [0.1, 0.15) is 5.82 Å². The maximum atomic E-state index is 12.8. The molecule has 20 heavy (non-hydrogen) atoms. The number of nitrogens with one attached hydrogen (secondary N) is 1. The lowest BCUT2D eigenvalue weighted by molar-refractivity contribution is -0.138. The van der Waals surface area contributed by atoms with E-state index in [1.807, 2.05) is 0 Å². The molecule has 1 aliphatic rings. The molecule has 1 aromatic carbocycles. The fourth-order valence-corrected chi connectivity index (χ4v) is 2.41. The Morgan fingerprint density at radius 2 is 2.00 bits per heavy atom. The molecule has 1 saturated heterocycles. The molecule has 0 radical (unpaired) electrons. The first-order valence-electron chi connectivity index (χ1n) is 6.61. The van der Waals surface area contributed by atoms with Crippen LogP contribution in [0.5, 0.6) is 0 Å². The van der Waals surface area contributed by atoms with Crippen LogP contribution in [0.1, 0.15) is 25.7 Å². The van der Waals surface area contributed by atoms with Crippen molar-refractivity contribution in [2.24, 2.45) is 0 Å². The SMILES string of the molecule is O=C(O)CC1CCCCN1C(=O)Nc1ccc(F)cc1. The Hall–Kier alpha value is -2.11. The second kappa shape index (κ2) is 6.36. The zero-order chi connectivity index (χ0) is 14.5. The minimum atomic E-state index is -0.906.